The fourth-order valence-corrected chi connectivity index (χ4v) is 0.881. The molecule has 0 saturated carbocycles. The van der Waals surface area contributed by atoms with Crippen molar-refractivity contribution < 1.29 is 14.3 Å². The van der Waals surface area contributed by atoms with Crippen molar-refractivity contribution in [2.24, 2.45) is 5.73 Å². The van der Waals surface area contributed by atoms with Crippen LogP contribution in [0.15, 0.2) is 0 Å². The summed E-state index contributed by atoms with van der Waals surface area (Å²) >= 11 is 0. The number of ether oxygens (including phenoxy) is 2. The molecule has 1 unspecified atom stereocenters. The number of hydrogen-bond donors (Lipinski definition) is 1. The normalized spacial score (nSPS) is 12.5. The first kappa shape index (κ1) is 11.2. The topological polar surface area (TPSA) is 61.6 Å². The Labute approximate surface area is 73.0 Å². The SMILES string of the molecule is CCCC(C)OCCOC(N)=O. The van der Waals surface area contributed by atoms with E-state index < -0.39 is 6.09 Å². The van der Waals surface area contributed by atoms with Crippen LogP contribution in [-0.2, 0) is 9.47 Å². The summed E-state index contributed by atoms with van der Waals surface area (Å²) in [7, 11) is 0. The minimum absolute atomic E-state index is 0.228. The number of rotatable bonds is 6. The van der Waals surface area contributed by atoms with Crippen LogP contribution in [-0.4, -0.2) is 25.4 Å². The van der Waals surface area contributed by atoms with Crippen molar-refractivity contribution in [2.45, 2.75) is 32.8 Å². The largest absolute Gasteiger partial charge is 0.447 e. The molecule has 4 nitrogen and oxygen atoms in total. The molecule has 0 aromatic carbocycles. The summed E-state index contributed by atoms with van der Waals surface area (Å²) in [6, 6.07) is 0. The fraction of sp³-hybridized carbons (Fsp3) is 0.875. The lowest BCUT2D eigenvalue weighted by Crippen LogP contribution is -2.18. The molecule has 1 amide bonds. The first-order chi connectivity index (χ1) is 5.66. The van der Waals surface area contributed by atoms with Gasteiger partial charge in [0.25, 0.3) is 0 Å². The van der Waals surface area contributed by atoms with E-state index in [4.69, 9.17) is 10.5 Å². The molecule has 0 aliphatic heterocycles. The maximum Gasteiger partial charge on any atom is 0.404 e. The zero-order chi connectivity index (χ0) is 9.40. The monoisotopic (exact) mass is 175 g/mol. The summed E-state index contributed by atoms with van der Waals surface area (Å²) in [5.41, 5.74) is 4.75. The summed E-state index contributed by atoms with van der Waals surface area (Å²) in [6.07, 6.45) is 1.60. The Kier molecular flexibility index (Phi) is 6.47. The molecule has 12 heavy (non-hydrogen) atoms. The maximum absolute atomic E-state index is 10.1. The lowest BCUT2D eigenvalue weighted by Gasteiger charge is -2.10. The molecule has 1 atom stereocenters. The minimum atomic E-state index is -0.748. The van der Waals surface area contributed by atoms with E-state index in [2.05, 4.69) is 11.7 Å². The average Bonchev–Trinajstić information content (AvgIpc) is 1.98. The van der Waals surface area contributed by atoms with Crippen LogP contribution in [0.25, 0.3) is 0 Å². The average molecular weight is 175 g/mol. The third-order valence-corrected chi connectivity index (χ3v) is 1.43. The van der Waals surface area contributed by atoms with E-state index in [1.165, 1.54) is 0 Å². The van der Waals surface area contributed by atoms with Crippen LogP contribution >= 0.6 is 0 Å². The molecule has 0 radical (unpaired) electrons. The first-order valence-corrected chi connectivity index (χ1v) is 4.20. The molecule has 0 aliphatic carbocycles. The lowest BCUT2D eigenvalue weighted by molar-refractivity contribution is 0.0285. The highest BCUT2D eigenvalue weighted by atomic mass is 16.6. The van der Waals surface area contributed by atoms with Crippen LogP contribution in [0, 0.1) is 0 Å². The number of carbonyl (C=O) groups excluding carboxylic acids is 1. The van der Waals surface area contributed by atoms with E-state index in [9.17, 15) is 4.79 Å². The van der Waals surface area contributed by atoms with Gasteiger partial charge in [-0.25, -0.2) is 4.79 Å². The molecule has 0 heterocycles. The summed E-state index contributed by atoms with van der Waals surface area (Å²) in [5, 5.41) is 0. The van der Waals surface area contributed by atoms with Gasteiger partial charge in [0.1, 0.15) is 6.61 Å². The van der Waals surface area contributed by atoms with E-state index in [1.54, 1.807) is 0 Å². The van der Waals surface area contributed by atoms with E-state index in [-0.39, 0.29) is 12.7 Å². The van der Waals surface area contributed by atoms with Gasteiger partial charge in [-0.05, 0) is 13.3 Å². The smallest absolute Gasteiger partial charge is 0.404 e. The standard InChI is InChI=1S/C8H17NO3/c1-3-4-7(2)11-5-6-12-8(9)10/h7H,3-6H2,1-2H3,(H2,9,10). The van der Waals surface area contributed by atoms with Gasteiger partial charge in [-0.3, -0.25) is 0 Å². The van der Waals surface area contributed by atoms with E-state index in [0.717, 1.165) is 12.8 Å². The number of amides is 1. The molecule has 0 rings (SSSR count). The van der Waals surface area contributed by atoms with Crippen molar-refractivity contribution in [1.82, 2.24) is 0 Å². The van der Waals surface area contributed by atoms with Gasteiger partial charge in [0.15, 0.2) is 0 Å². The van der Waals surface area contributed by atoms with Crippen LogP contribution in [0.1, 0.15) is 26.7 Å². The Morgan fingerprint density at radius 2 is 2.17 bits per heavy atom. The number of carbonyl (C=O) groups is 1. The Morgan fingerprint density at radius 3 is 2.67 bits per heavy atom. The second-order valence-electron chi connectivity index (χ2n) is 2.64. The summed E-state index contributed by atoms with van der Waals surface area (Å²) in [6.45, 7) is 4.75. The molecular weight excluding hydrogens is 158 g/mol. The quantitative estimate of drug-likeness (QED) is 0.619. The van der Waals surface area contributed by atoms with Crippen LogP contribution in [0.2, 0.25) is 0 Å². The third kappa shape index (κ3) is 7.34. The summed E-state index contributed by atoms with van der Waals surface area (Å²) < 4.78 is 9.78. The predicted octanol–water partition coefficient (Wildman–Crippen LogP) is 1.29. The van der Waals surface area contributed by atoms with Gasteiger partial charge in [-0.2, -0.15) is 0 Å². The molecule has 0 spiro atoms. The second kappa shape index (κ2) is 6.91. The van der Waals surface area contributed by atoms with Crippen LogP contribution in [0.4, 0.5) is 4.79 Å². The molecule has 0 aliphatic rings. The van der Waals surface area contributed by atoms with Crippen LogP contribution in [0.5, 0.6) is 0 Å². The molecule has 0 bridgehead atoms. The van der Waals surface area contributed by atoms with E-state index in [0.29, 0.717) is 6.61 Å². The zero-order valence-electron chi connectivity index (χ0n) is 7.71. The summed E-state index contributed by atoms with van der Waals surface area (Å²) in [5.74, 6) is 0. The second-order valence-corrected chi connectivity index (χ2v) is 2.64. The minimum Gasteiger partial charge on any atom is -0.447 e. The van der Waals surface area contributed by atoms with Gasteiger partial charge in [0.2, 0.25) is 0 Å². The molecule has 4 heteroatoms. The van der Waals surface area contributed by atoms with Crippen molar-refractivity contribution in [3.05, 3.63) is 0 Å². The molecule has 2 N–H and O–H groups in total. The van der Waals surface area contributed by atoms with Crippen LogP contribution in [0.3, 0.4) is 0 Å². The van der Waals surface area contributed by atoms with Crippen molar-refractivity contribution in [2.75, 3.05) is 13.2 Å². The Balaban J connectivity index is 3.13. The predicted molar refractivity (Wildman–Crippen MR) is 45.9 cm³/mol. The van der Waals surface area contributed by atoms with Gasteiger partial charge in [0, 0.05) is 0 Å². The number of primary amides is 1. The maximum atomic E-state index is 10.1. The highest BCUT2D eigenvalue weighted by molar-refractivity contribution is 5.64. The first-order valence-electron chi connectivity index (χ1n) is 4.20. The van der Waals surface area contributed by atoms with Gasteiger partial charge < -0.3 is 15.2 Å². The molecule has 0 aromatic rings. The van der Waals surface area contributed by atoms with E-state index in [1.807, 2.05) is 6.92 Å². The number of hydrogen-bond acceptors (Lipinski definition) is 3. The zero-order valence-corrected chi connectivity index (χ0v) is 7.71. The van der Waals surface area contributed by atoms with E-state index >= 15 is 0 Å². The Morgan fingerprint density at radius 1 is 1.50 bits per heavy atom. The van der Waals surface area contributed by atoms with Gasteiger partial charge in [-0.1, -0.05) is 13.3 Å². The van der Waals surface area contributed by atoms with Crippen LogP contribution < -0.4 is 5.73 Å². The molecule has 72 valence electrons. The van der Waals surface area contributed by atoms with Gasteiger partial charge in [-0.15, -0.1) is 0 Å². The highest BCUT2D eigenvalue weighted by Gasteiger charge is 2.00. The van der Waals surface area contributed by atoms with Crippen molar-refractivity contribution in [3.63, 3.8) is 0 Å². The van der Waals surface area contributed by atoms with Gasteiger partial charge in [0.05, 0.1) is 12.7 Å². The Bertz CT molecular complexity index is 127. The number of nitrogens with two attached hydrogens (primary N) is 1. The van der Waals surface area contributed by atoms with Crippen molar-refractivity contribution >= 4 is 6.09 Å². The molecular formula is C8H17NO3. The molecule has 0 aromatic heterocycles. The fourth-order valence-electron chi connectivity index (χ4n) is 0.881. The van der Waals surface area contributed by atoms with Crippen molar-refractivity contribution in [1.29, 1.82) is 0 Å². The van der Waals surface area contributed by atoms with Gasteiger partial charge >= 0.3 is 6.09 Å². The third-order valence-electron chi connectivity index (χ3n) is 1.43. The van der Waals surface area contributed by atoms with Crippen molar-refractivity contribution in [3.8, 4) is 0 Å². The lowest BCUT2D eigenvalue weighted by atomic mass is 10.2. The highest BCUT2D eigenvalue weighted by Crippen LogP contribution is 1.99. The molecule has 0 fully saturated rings. The Hall–Kier alpha value is -0.770. The molecule has 0 saturated heterocycles. The summed E-state index contributed by atoms with van der Waals surface area (Å²) in [4.78, 5) is 10.1.